The lowest BCUT2D eigenvalue weighted by Crippen LogP contribution is -2.16. The number of hydrogen-bond acceptors (Lipinski definition) is 3. The number of aryl methyl sites for hydroxylation is 1. The molecule has 0 radical (unpaired) electrons. The second-order valence-corrected chi connectivity index (χ2v) is 4.27. The average Bonchev–Trinajstić information content (AvgIpc) is 2.89. The molecule has 1 heterocycles. The van der Waals surface area contributed by atoms with Gasteiger partial charge < -0.3 is 14.5 Å². The molecule has 1 N–H and O–H groups in total. The van der Waals surface area contributed by atoms with Gasteiger partial charge in [-0.05, 0) is 44.2 Å². The summed E-state index contributed by atoms with van der Waals surface area (Å²) in [6, 6.07) is 12.0. The van der Waals surface area contributed by atoms with Gasteiger partial charge in [-0.15, -0.1) is 0 Å². The highest BCUT2D eigenvalue weighted by molar-refractivity contribution is 5.26. The Morgan fingerprint density at radius 1 is 1.17 bits per heavy atom. The molecule has 0 saturated heterocycles. The van der Waals surface area contributed by atoms with Crippen LogP contribution < -0.4 is 10.1 Å². The van der Waals surface area contributed by atoms with Crippen LogP contribution in [0.15, 0.2) is 47.1 Å². The fraction of sp³-hybridized carbons (Fsp3) is 0.333. The van der Waals surface area contributed by atoms with E-state index in [1.807, 2.05) is 24.3 Å². The molecule has 2 aromatic rings. The van der Waals surface area contributed by atoms with E-state index >= 15 is 0 Å². The Hall–Kier alpha value is -1.74. The molecule has 0 bridgehead atoms. The van der Waals surface area contributed by atoms with Crippen molar-refractivity contribution in [2.24, 2.45) is 0 Å². The van der Waals surface area contributed by atoms with E-state index in [0.29, 0.717) is 0 Å². The van der Waals surface area contributed by atoms with Gasteiger partial charge in [-0.3, -0.25) is 0 Å². The Balaban J connectivity index is 1.55. The summed E-state index contributed by atoms with van der Waals surface area (Å²) >= 11 is 0. The van der Waals surface area contributed by atoms with Gasteiger partial charge in [-0.25, -0.2) is 0 Å². The van der Waals surface area contributed by atoms with E-state index in [2.05, 4.69) is 24.4 Å². The topological polar surface area (TPSA) is 34.4 Å². The monoisotopic (exact) mass is 245 g/mol. The highest BCUT2D eigenvalue weighted by atomic mass is 16.5. The lowest BCUT2D eigenvalue weighted by molar-refractivity contribution is 0.307. The molecule has 0 saturated carbocycles. The molecule has 96 valence electrons. The fourth-order valence-electron chi connectivity index (χ4n) is 1.65. The summed E-state index contributed by atoms with van der Waals surface area (Å²) in [4.78, 5) is 0. The van der Waals surface area contributed by atoms with Gasteiger partial charge in [0.05, 0.1) is 19.4 Å². The van der Waals surface area contributed by atoms with Crippen LogP contribution in [-0.2, 0) is 6.54 Å². The van der Waals surface area contributed by atoms with Crippen molar-refractivity contribution >= 4 is 0 Å². The van der Waals surface area contributed by atoms with Crippen LogP contribution in [0.2, 0.25) is 0 Å². The zero-order valence-corrected chi connectivity index (χ0v) is 10.7. The Morgan fingerprint density at radius 2 is 2.00 bits per heavy atom. The summed E-state index contributed by atoms with van der Waals surface area (Å²) in [6.07, 6.45) is 2.67. The van der Waals surface area contributed by atoms with Gasteiger partial charge in [0.2, 0.25) is 0 Å². The van der Waals surface area contributed by atoms with Crippen molar-refractivity contribution in [1.82, 2.24) is 5.32 Å². The van der Waals surface area contributed by atoms with Crippen molar-refractivity contribution in [3.05, 3.63) is 54.0 Å². The molecule has 1 aromatic carbocycles. The quantitative estimate of drug-likeness (QED) is 0.761. The molecular formula is C15H19NO2. The second kappa shape index (κ2) is 6.87. The molecule has 0 fully saturated rings. The fourth-order valence-corrected chi connectivity index (χ4v) is 1.65. The summed E-state index contributed by atoms with van der Waals surface area (Å²) in [5.41, 5.74) is 1.25. The third-order valence-electron chi connectivity index (χ3n) is 2.67. The number of rotatable bonds is 7. The van der Waals surface area contributed by atoms with Crippen LogP contribution >= 0.6 is 0 Å². The van der Waals surface area contributed by atoms with Crippen molar-refractivity contribution in [2.75, 3.05) is 13.2 Å². The molecule has 18 heavy (non-hydrogen) atoms. The molecule has 2 rings (SSSR count). The third-order valence-corrected chi connectivity index (χ3v) is 2.67. The summed E-state index contributed by atoms with van der Waals surface area (Å²) in [7, 11) is 0. The van der Waals surface area contributed by atoms with Gasteiger partial charge in [0.1, 0.15) is 11.5 Å². The summed E-state index contributed by atoms with van der Waals surface area (Å²) in [5, 5.41) is 3.31. The summed E-state index contributed by atoms with van der Waals surface area (Å²) < 4.78 is 10.9. The number of benzene rings is 1. The van der Waals surface area contributed by atoms with Crippen LogP contribution in [0.5, 0.6) is 5.75 Å². The molecule has 0 aliphatic carbocycles. The number of ether oxygens (including phenoxy) is 1. The lowest BCUT2D eigenvalue weighted by Gasteiger charge is -2.06. The van der Waals surface area contributed by atoms with Crippen molar-refractivity contribution < 1.29 is 9.15 Å². The predicted octanol–water partition coefficient (Wildman–Crippen LogP) is 3.15. The van der Waals surface area contributed by atoms with E-state index in [1.54, 1.807) is 6.26 Å². The summed E-state index contributed by atoms with van der Waals surface area (Å²) in [5.74, 6) is 1.90. The Morgan fingerprint density at radius 3 is 2.72 bits per heavy atom. The molecule has 0 aliphatic rings. The van der Waals surface area contributed by atoms with Crippen molar-refractivity contribution in [3.8, 4) is 5.75 Å². The average molecular weight is 245 g/mol. The maximum atomic E-state index is 5.63. The lowest BCUT2D eigenvalue weighted by atomic mass is 10.2. The van der Waals surface area contributed by atoms with E-state index in [0.717, 1.165) is 37.6 Å². The molecule has 0 spiro atoms. The highest BCUT2D eigenvalue weighted by Gasteiger charge is 1.95. The molecule has 0 unspecified atom stereocenters. The largest absolute Gasteiger partial charge is 0.494 e. The van der Waals surface area contributed by atoms with Crippen LogP contribution in [0, 0.1) is 6.92 Å². The van der Waals surface area contributed by atoms with Crippen LogP contribution in [0.1, 0.15) is 17.7 Å². The first-order chi connectivity index (χ1) is 8.84. The zero-order chi connectivity index (χ0) is 12.6. The van der Waals surface area contributed by atoms with Gasteiger partial charge in [-0.2, -0.15) is 0 Å². The van der Waals surface area contributed by atoms with Crippen LogP contribution in [0.25, 0.3) is 0 Å². The molecular weight excluding hydrogens is 226 g/mol. The van der Waals surface area contributed by atoms with Gasteiger partial charge in [0.15, 0.2) is 0 Å². The third kappa shape index (κ3) is 4.26. The first kappa shape index (κ1) is 12.7. The van der Waals surface area contributed by atoms with Crippen LogP contribution in [0.4, 0.5) is 0 Å². The standard InChI is InChI=1S/C15H19NO2/c1-13-5-7-14(8-6-13)17-11-3-9-16-12-15-4-2-10-18-15/h2,4-8,10,16H,3,9,11-12H2,1H3. The Labute approximate surface area is 108 Å². The zero-order valence-electron chi connectivity index (χ0n) is 10.7. The van der Waals surface area contributed by atoms with E-state index in [9.17, 15) is 0 Å². The SMILES string of the molecule is Cc1ccc(OCCCNCc2ccco2)cc1. The van der Waals surface area contributed by atoms with E-state index < -0.39 is 0 Å². The van der Waals surface area contributed by atoms with E-state index in [4.69, 9.17) is 9.15 Å². The summed E-state index contributed by atoms with van der Waals surface area (Å²) in [6.45, 7) is 4.50. The van der Waals surface area contributed by atoms with Crippen LogP contribution in [0.3, 0.4) is 0 Å². The second-order valence-electron chi connectivity index (χ2n) is 4.27. The minimum Gasteiger partial charge on any atom is -0.494 e. The maximum absolute atomic E-state index is 5.63. The smallest absolute Gasteiger partial charge is 0.119 e. The van der Waals surface area contributed by atoms with Crippen molar-refractivity contribution in [3.63, 3.8) is 0 Å². The van der Waals surface area contributed by atoms with E-state index in [1.165, 1.54) is 5.56 Å². The maximum Gasteiger partial charge on any atom is 0.119 e. The molecule has 0 amide bonds. The Kier molecular flexibility index (Phi) is 4.85. The molecule has 3 nitrogen and oxygen atoms in total. The van der Waals surface area contributed by atoms with Crippen molar-refractivity contribution in [2.45, 2.75) is 19.9 Å². The van der Waals surface area contributed by atoms with Gasteiger partial charge in [-0.1, -0.05) is 17.7 Å². The first-order valence-corrected chi connectivity index (χ1v) is 6.27. The first-order valence-electron chi connectivity index (χ1n) is 6.27. The van der Waals surface area contributed by atoms with Gasteiger partial charge in [0, 0.05) is 0 Å². The predicted molar refractivity (Wildman–Crippen MR) is 71.7 cm³/mol. The Bertz CT molecular complexity index is 434. The minimum absolute atomic E-state index is 0.730. The van der Waals surface area contributed by atoms with E-state index in [-0.39, 0.29) is 0 Å². The highest BCUT2D eigenvalue weighted by Crippen LogP contribution is 2.11. The molecule has 0 atom stereocenters. The molecule has 0 aliphatic heterocycles. The minimum atomic E-state index is 0.730. The van der Waals surface area contributed by atoms with Gasteiger partial charge in [0.25, 0.3) is 0 Å². The normalized spacial score (nSPS) is 10.5. The molecule has 3 heteroatoms. The van der Waals surface area contributed by atoms with Gasteiger partial charge >= 0.3 is 0 Å². The van der Waals surface area contributed by atoms with Crippen LogP contribution in [-0.4, -0.2) is 13.2 Å². The van der Waals surface area contributed by atoms with Crippen molar-refractivity contribution in [1.29, 1.82) is 0 Å². The number of furan rings is 1. The molecule has 1 aromatic heterocycles. The number of hydrogen-bond donors (Lipinski definition) is 1. The number of nitrogens with one attached hydrogen (secondary N) is 1.